The minimum atomic E-state index is -0.248. The number of rotatable bonds is 6. The molecule has 0 aromatic heterocycles. The van der Waals surface area contributed by atoms with E-state index >= 15 is 0 Å². The van der Waals surface area contributed by atoms with E-state index in [-0.39, 0.29) is 11.8 Å². The molecular formula is C19H19ClN2O2. The largest absolute Gasteiger partial charge is 0.326 e. The average Bonchev–Trinajstić information content (AvgIpc) is 2.55. The summed E-state index contributed by atoms with van der Waals surface area (Å²) in [6.07, 6.45) is 4.42. The number of hydrogen-bond donors (Lipinski definition) is 2. The van der Waals surface area contributed by atoms with Crippen LogP contribution in [-0.2, 0) is 9.59 Å². The number of benzene rings is 2. The van der Waals surface area contributed by atoms with Crippen molar-refractivity contribution in [3.8, 4) is 0 Å². The van der Waals surface area contributed by atoms with Crippen LogP contribution in [0.5, 0.6) is 0 Å². The third-order valence-electron chi connectivity index (χ3n) is 3.19. The van der Waals surface area contributed by atoms with E-state index < -0.39 is 0 Å². The number of carbonyl (C=O) groups excluding carboxylic acids is 2. The van der Waals surface area contributed by atoms with Gasteiger partial charge in [-0.2, -0.15) is 0 Å². The molecule has 0 unspecified atom stereocenters. The minimum Gasteiger partial charge on any atom is -0.326 e. The Morgan fingerprint density at radius 2 is 1.71 bits per heavy atom. The Kier molecular flexibility index (Phi) is 6.58. The van der Waals surface area contributed by atoms with Gasteiger partial charge in [-0.05, 0) is 48.4 Å². The van der Waals surface area contributed by atoms with Gasteiger partial charge >= 0.3 is 0 Å². The highest BCUT2D eigenvalue weighted by atomic mass is 35.5. The zero-order chi connectivity index (χ0) is 17.4. The third kappa shape index (κ3) is 5.89. The fourth-order valence-electron chi connectivity index (χ4n) is 2.05. The molecule has 2 N–H and O–H groups in total. The molecule has 0 saturated carbocycles. The number of amides is 2. The second kappa shape index (κ2) is 8.89. The molecule has 0 heterocycles. The van der Waals surface area contributed by atoms with Gasteiger partial charge in [-0.1, -0.05) is 36.7 Å². The molecule has 4 nitrogen and oxygen atoms in total. The molecule has 0 aliphatic heterocycles. The number of nitrogens with one attached hydrogen (secondary N) is 2. The highest BCUT2D eigenvalue weighted by molar-refractivity contribution is 6.30. The predicted octanol–water partition coefficient (Wildman–Crippen LogP) is 4.73. The van der Waals surface area contributed by atoms with Crippen molar-refractivity contribution in [2.45, 2.75) is 19.8 Å². The third-order valence-corrected chi connectivity index (χ3v) is 3.44. The van der Waals surface area contributed by atoms with E-state index in [1.807, 2.05) is 19.1 Å². The quantitative estimate of drug-likeness (QED) is 0.745. The fraction of sp³-hybridized carbons (Fsp3) is 0.158. The van der Waals surface area contributed by atoms with Gasteiger partial charge in [0.2, 0.25) is 11.8 Å². The predicted molar refractivity (Wildman–Crippen MR) is 99.1 cm³/mol. The summed E-state index contributed by atoms with van der Waals surface area (Å²) in [6.45, 7) is 1.95. The molecule has 0 atom stereocenters. The molecule has 0 bridgehead atoms. The maximum Gasteiger partial charge on any atom is 0.248 e. The molecular weight excluding hydrogens is 324 g/mol. The van der Waals surface area contributed by atoms with Gasteiger partial charge in [-0.15, -0.1) is 0 Å². The van der Waals surface area contributed by atoms with Crippen LogP contribution in [0.4, 0.5) is 11.4 Å². The van der Waals surface area contributed by atoms with Crippen molar-refractivity contribution in [2.75, 3.05) is 10.6 Å². The zero-order valence-corrected chi connectivity index (χ0v) is 14.1. The molecule has 24 heavy (non-hydrogen) atoms. The first-order valence-electron chi connectivity index (χ1n) is 7.71. The van der Waals surface area contributed by atoms with Gasteiger partial charge in [0.05, 0.1) is 0 Å². The van der Waals surface area contributed by atoms with Crippen LogP contribution < -0.4 is 10.6 Å². The summed E-state index contributed by atoms with van der Waals surface area (Å²) in [7, 11) is 0. The second-order valence-electron chi connectivity index (χ2n) is 5.25. The molecule has 0 radical (unpaired) electrons. The van der Waals surface area contributed by atoms with Crippen LogP contribution in [0.2, 0.25) is 5.02 Å². The normalized spacial score (nSPS) is 10.6. The lowest BCUT2D eigenvalue weighted by Gasteiger charge is -2.07. The summed E-state index contributed by atoms with van der Waals surface area (Å²) >= 11 is 5.82. The lowest BCUT2D eigenvalue weighted by atomic mass is 10.2. The van der Waals surface area contributed by atoms with E-state index in [1.165, 1.54) is 6.08 Å². The second-order valence-corrected chi connectivity index (χ2v) is 5.69. The van der Waals surface area contributed by atoms with Gasteiger partial charge in [0.1, 0.15) is 0 Å². The van der Waals surface area contributed by atoms with Gasteiger partial charge in [-0.25, -0.2) is 0 Å². The first kappa shape index (κ1) is 17.8. The van der Waals surface area contributed by atoms with Crippen molar-refractivity contribution in [1.29, 1.82) is 0 Å². The molecule has 2 rings (SSSR count). The van der Waals surface area contributed by atoms with Crippen molar-refractivity contribution < 1.29 is 9.59 Å². The molecule has 2 aromatic rings. The molecule has 0 fully saturated rings. The smallest absolute Gasteiger partial charge is 0.248 e. The molecule has 0 saturated heterocycles. The van der Waals surface area contributed by atoms with Crippen LogP contribution >= 0.6 is 11.6 Å². The maximum atomic E-state index is 12.0. The Labute approximate surface area is 146 Å². The molecule has 2 aromatic carbocycles. The highest BCUT2D eigenvalue weighted by Crippen LogP contribution is 2.16. The Morgan fingerprint density at radius 3 is 2.38 bits per heavy atom. The van der Waals surface area contributed by atoms with E-state index in [1.54, 1.807) is 42.5 Å². The number of carbonyl (C=O) groups is 2. The zero-order valence-electron chi connectivity index (χ0n) is 13.4. The number of hydrogen-bond acceptors (Lipinski definition) is 2. The van der Waals surface area contributed by atoms with Crippen LogP contribution in [0, 0.1) is 0 Å². The molecule has 5 heteroatoms. The van der Waals surface area contributed by atoms with Gasteiger partial charge < -0.3 is 10.6 Å². The van der Waals surface area contributed by atoms with Crippen LogP contribution in [0.25, 0.3) is 6.08 Å². The molecule has 124 valence electrons. The van der Waals surface area contributed by atoms with Crippen LogP contribution in [0.3, 0.4) is 0 Å². The average molecular weight is 343 g/mol. The molecule has 0 aliphatic carbocycles. The van der Waals surface area contributed by atoms with E-state index in [0.29, 0.717) is 22.8 Å². The summed E-state index contributed by atoms with van der Waals surface area (Å²) < 4.78 is 0. The maximum absolute atomic E-state index is 12.0. The van der Waals surface area contributed by atoms with E-state index in [9.17, 15) is 9.59 Å². The molecule has 0 spiro atoms. The van der Waals surface area contributed by atoms with Gasteiger partial charge in [0.25, 0.3) is 0 Å². The SMILES string of the molecule is CCCC(=O)Nc1cccc(NC(=O)/C=C/c2ccc(Cl)cc2)c1. The van der Waals surface area contributed by atoms with Crippen molar-refractivity contribution in [2.24, 2.45) is 0 Å². The van der Waals surface area contributed by atoms with Crippen LogP contribution in [0.15, 0.2) is 54.6 Å². The molecule has 2 amide bonds. The van der Waals surface area contributed by atoms with E-state index in [4.69, 9.17) is 11.6 Å². The fourth-order valence-corrected chi connectivity index (χ4v) is 2.18. The Hall–Kier alpha value is -2.59. The number of anilines is 2. The Balaban J connectivity index is 1.96. The summed E-state index contributed by atoms with van der Waals surface area (Å²) in [5.74, 6) is -0.286. The Morgan fingerprint density at radius 1 is 1.04 bits per heavy atom. The van der Waals surface area contributed by atoms with Crippen LogP contribution in [-0.4, -0.2) is 11.8 Å². The lowest BCUT2D eigenvalue weighted by Crippen LogP contribution is -2.11. The van der Waals surface area contributed by atoms with Crippen molar-refractivity contribution >= 4 is 40.9 Å². The van der Waals surface area contributed by atoms with E-state index in [0.717, 1.165) is 12.0 Å². The summed E-state index contributed by atoms with van der Waals surface area (Å²) in [5, 5.41) is 6.22. The first-order chi connectivity index (χ1) is 11.6. The molecule has 0 aliphatic rings. The van der Waals surface area contributed by atoms with E-state index in [2.05, 4.69) is 10.6 Å². The Bertz CT molecular complexity index is 739. The highest BCUT2D eigenvalue weighted by Gasteiger charge is 2.03. The van der Waals surface area contributed by atoms with Crippen molar-refractivity contribution in [1.82, 2.24) is 0 Å². The summed E-state index contributed by atoms with van der Waals surface area (Å²) in [5.41, 5.74) is 2.16. The summed E-state index contributed by atoms with van der Waals surface area (Å²) in [4.78, 5) is 23.6. The van der Waals surface area contributed by atoms with Gasteiger partial charge in [-0.3, -0.25) is 9.59 Å². The topological polar surface area (TPSA) is 58.2 Å². The van der Waals surface area contributed by atoms with Gasteiger partial charge in [0.15, 0.2) is 0 Å². The van der Waals surface area contributed by atoms with Crippen molar-refractivity contribution in [3.05, 3.63) is 65.2 Å². The monoisotopic (exact) mass is 342 g/mol. The lowest BCUT2D eigenvalue weighted by molar-refractivity contribution is -0.116. The minimum absolute atomic E-state index is 0.0383. The number of halogens is 1. The summed E-state index contributed by atoms with van der Waals surface area (Å²) in [6, 6.07) is 14.2. The van der Waals surface area contributed by atoms with Crippen LogP contribution in [0.1, 0.15) is 25.3 Å². The van der Waals surface area contributed by atoms with Gasteiger partial charge in [0, 0.05) is 28.9 Å². The first-order valence-corrected chi connectivity index (χ1v) is 8.09. The van der Waals surface area contributed by atoms with Crippen molar-refractivity contribution in [3.63, 3.8) is 0 Å². The standard InChI is InChI=1S/C19H19ClN2O2/c1-2-4-18(23)21-16-5-3-6-17(13-16)22-19(24)12-9-14-7-10-15(20)11-8-14/h3,5-13H,2,4H2,1H3,(H,21,23)(H,22,24)/b12-9+.